The molecule has 0 radical (unpaired) electrons. The molecule has 0 spiro atoms. The van der Waals surface area contributed by atoms with Crippen molar-refractivity contribution in [2.45, 2.75) is 399 Å². The fourth-order valence-corrected chi connectivity index (χ4v) is 11.0. The van der Waals surface area contributed by atoms with Gasteiger partial charge in [-0.05, 0) is 83.5 Å². The van der Waals surface area contributed by atoms with Crippen LogP contribution in [-0.2, 0) is 28.6 Å². The van der Waals surface area contributed by atoms with E-state index in [9.17, 15) is 14.4 Å². The molecule has 0 bridgehead atoms. The maximum absolute atomic E-state index is 12.9. The fourth-order valence-electron chi connectivity index (χ4n) is 11.0. The lowest BCUT2D eigenvalue weighted by Crippen LogP contribution is -2.30. The number of ether oxygens (including phenoxy) is 3. The Balaban J connectivity index is 4.20. The van der Waals surface area contributed by atoms with E-state index in [0.29, 0.717) is 19.3 Å². The van der Waals surface area contributed by atoms with Crippen LogP contribution in [0.1, 0.15) is 393 Å². The van der Waals surface area contributed by atoms with Gasteiger partial charge in [-0.1, -0.05) is 351 Å². The normalized spacial score (nSPS) is 12.4. The monoisotopic (exact) mass is 1160 g/mol. The third-order valence-corrected chi connectivity index (χ3v) is 16.5. The minimum atomic E-state index is -0.784. The Hall–Kier alpha value is -2.89. The molecule has 0 aromatic rings. The third-order valence-electron chi connectivity index (χ3n) is 16.5. The van der Waals surface area contributed by atoms with Gasteiger partial charge in [0, 0.05) is 19.3 Å². The molecule has 1 unspecified atom stereocenters. The molecule has 0 saturated carbocycles. The summed E-state index contributed by atoms with van der Waals surface area (Å²) in [5.74, 6) is -0.872. The minimum Gasteiger partial charge on any atom is -0.462 e. The van der Waals surface area contributed by atoms with E-state index in [2.05, 4.69) is 81.5 Å². The molecule has 0 aliphatic heterocycles. The second-order valence-corrected chi connectivity index (χ2v) is 24.8. The van der Waals surface area contributed by atoms with E-state index in [1.807, 2.05) is 0 Å². The second kappa shape index (κ2) is 71.6. The highest BCUT2D eigenvalue weighted by Crippen LogP contribution is 2.19. The number of allylic oxidation sites excluding steroid dienone is 10. The molecule has 484 valence electrons. The van der Waals surface area contributed by atoms with Crippen molar-refractivity contribution in [2.75, 3.05) is 13.2 Å². The van der Waals surface area contributed by atoms with Gasteiger partial charge in [0.2, 0.25) is 0 Å². The quantitative estimate of drug-likeness (QED) is 0.0261. The molecule has 0 amide bonds. The van der Waals surface area contributed by atoms with Gasteiger partial charge >= 0.3 is 17.9 Å². The van der Waals surface area contributed by atoms with Crippen LogP contribution in [0.5, 0.6) is 0 Å². The Labute approximate surface area is 517 Å². The van der Waals surface area contributed by atoms with Crippen LogP contribution in [0.25, 0.3) is 0 Å². The molecule has 0 heterocycles. The Morgan fingerprint density at radius 2 is 0.470 bits per heavy atom. The van der Waals surface area contributed by atoms with Gasteiger partial charge in [-0.3, -0.25) is 14.4 Å². The molecule has 0 saturated heterocycles. The largest absolute Gasteiger partial charge is 0.462 e. The Morgan fingerprint density at radius 1 is 0.253 bits per heavy atom. The highest BCUT2D eigenvalue weighted by atomic mass is 16.6. The van der Waals surface area contributed by atoms with Crippen LogP contribution in [0.3, 0.4) is 0 Å². The van der Waals surface area contributed by atoms with Gasteiger partial charge in [0.25, 0.3) is 0 Å². The maximum Gasteiger partial charge on any atom is 0.306 e. The van der Waals surface area contributed by atoms with Gasteiger partial charge < -0.3 is 14.2 Å². The zero-order valence-electron chi connectivity index (χ0n) is 55.7. The number of carbonyl (C=O) groups excluding carboxylic acids is 3. The van der Waals surface area contributed by atoms with Crippen molar-refractivity contribution < 1.29 is 28.6 Å². The van der Waals surface area contributed by atoms with Gasteiger partial charge in [0.15, 0.2) is 6.10 Å². The predicted molar refractivity (Wildman–Crippen MR) is 362 cm³/mol. The predicted octanol–water partition coefficient (Wildman–Crippen LogP) is 25.5. The van der Waals surface area contributed by atoms with Crippen molar-refractivity contribution in [3.8, 4) is 0 Å². The zero-order chi connectivity index (χ0) is 59.9. The average molecular weight is 1160 g/mol. The maximum atomic E-state index is 12.9. The number of esters is 3. The molecule has 0 fully saturated rings. The Kier molecular flexibility index (Phi) is 69.1. The lowest BCUT2D eigenvalue weighted by molar-refractivity contribution is -0.167. The van der Waals surface area contributed by atoms with E-state index < -0.39 is 6.10 Å². The molecule has 1 atom stereocenters. The smallest absolute Gasteiger partial charge is 0.306 e. The summed E-state index contributed by atoms with van der Waals surface area (Å²) in [6.07, 6.45) is 92.7. The van der Waals surface area contributed by atoms with Crippen LogP contribution < -0.4 is 0 Å². The third kappa shape index (κ3) is 69.8. The topological polar surface area (TPSA) is 78.9 Å². The Morgan fingerprint density at radius 3 is 0.759 bits per heavy atom. The molecule has 6 nitrogen and oxygen atoms in total. The first-order chi connectivity index (χ1) is 41.0. The summed E-state index contributed by atoms with van der Waals surface area (Å²) in [5.41, 5.74) is 0. The molecule has 0 aliphatic rings. The zero-order valence-corrected chi connectivity index (χ0v) is 55.7. The van der Waals surface area contributed by atoms with E-state index in [4.69, 9.17) is 14.2 Å². The number of rotatable bonds is 68. The first-order valence-corrected chi connectivity index (χ1v) is 36.8. The van der Waals surface area contributed by atoms with Crippen molar-refractivity contribution in [2.24, 2.45) is 0 Å². The highest BCUT2D eigenvalue weighted by Gasteiger charge is 2.19. The van der Waals surface area contributed by atoms with Crippen molar-refractivity contribution in [1.82, 2.24) is 0 Å². The SMILES string of the molecule is CC/C=C\C/C=C\C/C=C\CCCCCCCCCC(=O)OC(COC(=O)CCCCCCCCC/C=C\C/C=C\CCCCC)COC(=O)CCCCCCCCCCCCCCCCCCCCCCCCCCCCCCCCC. The highest BCUT2D eigenvalue weighted by molar-refractivity contribution is 5.71. The summed E-state index contributed by atoms with van der Waals surface area (Å²) in [7, 11) is 0. The minimum absolute atomic E-state index is 0.0774. The summed E-state index contributed by atoms with van der Waals surface area (Å²) in [4.78, 5) is 38.5. The van der Waals surface area contributed by atoms with Crippen molar-refractivity contribution in [1.29, 1.82) is 0 Å². The average Bonchev–Trinajstić information content (AvgIpc) is 3.50. The molecule has 83 heavy (non-hydrogen) atoms. The molecular weight excluding hydrogens is 1020 g/mol. The van der Waals surface area contributed by atoms with Crippen LogP contribution in [0, 0.1) is 0 Å². The molecule has 0 aromatic heterocycles. The van der Waals surface area contributed by atoms with Crippen molar-refractivity contribution in [3.63, 3.8) is 0 Å². The standard InChI is InChI=1S/C77H140O6/c1-4-7-10-13-16-19-22-25-28-31-32-33-34-35-36-37-38-39-40-41-42-43-44-47-49-52-55-58-61-64-67-70-76(79)82-73-74(83-77(80)71-68-65-62-59-56-53-50-46-30-27-24-21-18-15-12-9-6-3)72-81-75(78)69-66-63-60-57-54-51-48-45-29-26-23-20-17-14-11-8-5-2/h9,12,17-18,20-21,26-27,29-30,74H,4-8,10-11,13-16,19,22-25,28,31-73H2,1-3H3/b12-9-,20-17-,21-18-,29-26-,30-27-. The summed E-state index contributed by atoms with van der Waals surface area (Å²) in [6.45, 7) is 6.56. The van der Waals surface area contributed by atoms with Crippen LogP contribution in [-0.4, -0.2) is 37.2 Å². The van der Waals surface area contributed by atoms with E-state index >= 15 is 0 Å². The van der Waals surface area contributed by atoms with E-state index in [1.165, 1.54) is 257 Å². The van der Waals surface area contributed by atoms with Crippen LogP contribution >= 0.6 is 0 Å². The van der Waals surface area contributed by atoms with E-state index in [0.717, 1.165) is 96.3 Å². The number of unbranched alkanes of at least 4 members (excludes halogenated alkanes) is 47. The summed E-state index contributed by atoms with van der Waals surface area (Å²) in [5, 5.41) is 0. The van der Waals surface area contributed by atoms with Crippen molar-refractivity contribution in [3.05, 3.63) is 60.8 Å². The van der Waals surface area contributed by atoms with Crippen LogP contribution in [0.15, 0.2) is 60.8 Å². The van der Waals surface area contributed by atoms with Gasteiger partial charge in [0.05, 0.1) is 0 Å². The molecule has 6 heteroatoms. The second-order valence-electron chi connectivity index (χ2n) is 24.8. The first-order valence-electron chi connectivity index (χ1n) is 36.8. The molecule has 0 rings (SSSR count). The fraction of sp³-hybridized carbons (Fsp3) is 0.831. The summed E-state index contributed by atoms with van der Waals surface area (Å²) >= 11 is 0. The van der Waals surface area contributed by atoms with E-state index in [-0.39, 0.29) is 31.1 Å². The molecule has 0 aliphatic carbocycles. The first kappa shape index (κ1) is 80.1. The van der Waals surface area contributed by atoms with Gasteiger partial charge in [0.1, 0.15) is 13.2 Å². The van der Waals surface area contributed by atoms with E-state index in [1.54, 1.807) is 0 Å². The number of hydrogen-bond donors (Lipinski definition) is 0. The molecule has 0 N–H and O–H groups in total. The molecule has 0 aromatic carbocycles. The van der Waals surface area contributed by atoms with Gasteiger partial charge in [-0.2, -0.15) is 0 Å². The lowest BCUT2D eigenvalue weighted by Gasteiger charge is -2.18. The van der Waals surface area contributed by atoms with Gasteiger partial charge in [-0.25, -0.2) is 0 Å². The van der Waals surface area contributed by atoms with Crippen LogP contribution in [0.4, 0.5) is 0 Å². The van der Waals surface area contributed by atoms with Crippen LogP contribution in [0.2, 0.25) is 0 Å². The Bertz CT molecular complexity index is 1470. The molecular formula is C77H140O6. The summed E-state index contributed by atoms with van der Waals surface area (Å²) < 4.78 is 17.0. The summed E-state index contributed by atoms with van der Waals surface area (Å²) in [6, 6.07) is 0. The number of hydrogen-bond acceptors (Lipinski definition) is 6. The van der Waals surface area contributed by atoms with Crippen molar-refractivity contribution >= 4 is 17.9 Å². The van der Waals surface area contributed by atoms with Gasteiger partial charge in [-0.15, -0.1) is 0 Å². The number of carbonyl (C=O) groups is 3. The lowest BCUT2D eigenvalue weighted by atomic mass is 10.0.